The lowest BCUT2D eigenvalue weighted by Crippen LogP contribution is -2.29. The Hall–Kier alpha value is -3.38. The molecule has 0 atom stereocenters. The lowest BCUT2D eigenvalue weighted by Gasteiger charge is -2.14. The summed E-state index contributed by atoms with van der Waals surface area (Å²) < 4.78 is 10.7. The molecular formula is C24H24N4O3. The number of nitrogens with one attached hydrogen (secondary N) is 1. The van der Waals surface area contributed by atoms with Crippen molar-refractivity contribution in [3.05, 3.63) is 70.6 Å². The van der Waals surface area contributed by atoms with Crippen LogP contribution >= 0.6 is 0 Å². The van der Waals surface area contributed by atoms with Crippen LogP contribution in [0.5, 0.6) is 0 Å². The van der Waals surface area contributed by atoms with Gasteiger partial charge in [-0.1, -0.05) is 59.7 Å². The zero-order valence-electron chi connectivity index (χ0n) is 17.2. The summed E-state index contributed by atoms with van der Waals surface area (Å²) in [5, 5.41) is 13.5. The molecular weight excluding hydrogens is 392 g/mol. The third-order valence-corrected chi connectivity index (χ3v) is 5.31. The minimum Gasteiger partial charge on any atom is -0.379 e. The van der Waals surface area contributed by atoms with Gasteiger partial charge in [-0.2, -0.15) is 0 Å². The van der Waals surface area contributed by atoms with Crippen molar-refractivity contribution in [3.63, 3.8) is 0 Å². The first-order valence-corrected chi connectivity index (χ1v) is 10.4. The molecule has 0 aliphatic carbocycles. The minimum atomic E-state index is -0.0238. The zero-order chi connectivity index (χ0) is 21.5. The standard InChI is InChI=1S/C24H24N4O3/c25-28-27-11-13-31-15-14-30-12-10-26-22(29)16-20-7-6-19-5-4-17-2-1-3-18-8-9-21(20)24(19)23(17)18/h1-9H,10-16H2,(H,26,29). The second kappa shape index (κ2) is 10.1. The fraction of sp³-hybridized carbons (Fsp3) is 0.292. The fourth-order valence-electron chi connectivity index (χ4n) is 3.92. The molecule has 7 nitrogen and oxygen atoms in total. The Bertz CT molecular complexity index is 1220. The van der Waals surface area contributed by atoms with E-state index >= 15 is 0 Å². The first-order chi connectivity index (χ1) is 15.3. The number of benzene rings is 4. The number of hydrogen-bond acceptors (Lipinski definition) is 4. The van der Waals surface area contributed by atoms with E-state index < -0.39 is 0 Å². The predicted octanol–water partition coefficient (Wildman–Crippen LogP) is 4.59. The summed E-state index contributed by atoms with van der Waals surface area (Å²) in [6.07, 6.45) is 0.330. The van der Waals surface area contributed by atoms with Crippen LogP contribution in [0.3, 0.4) is 0 Å². The number of hydrogen-bond donors (Lipinski definition) is 1. The van der Waals surface area contributed by atoms with Crippen molar-refractivity contribution in [2.24, 2.45) is 5.11 Å². The smallest absolute Gasteiger partial charge is 0.224 e. The predicted molar refractivity (Wildman–Crippen MR) is 123 cm³/mol. The normalized spacial score (nSPS) is 11.2. The van der Waals surface area contributed by atoms with E-state index in [1.165, 1.54) is 26.9 Å². The largest absolute Gasteiger partial charge is 0.379 e. The topological polar surface area (TPSA) is 96.3 Å². The Labute approximate surface area is 179 Å². The quantitative estimate of drug-likeness (QED) is 0.127. The van der Waals surface area contributed by atoms with E-state index in [-0.39, 0.29) is 5.91 Å². The third-order valence-electron chi connectivity index (χ3n) is 5.31. The molecule has 0 aliphatic heterocycles. The molecule has 0 fully saturated rings. The van der Waals surface area contributed by atoms with Crippen LogP contribution in [0.1, 0.15) is 5.56 Å². The summed E-state index contributed by atoms with van der Waals surface area (Å²) >= 11 is 0. The molecule has 4 aromatic carbocycles. The van der Waals surface area contributed by atoms with E-state index in [9.17, 15) is 4.79 Å². The maximum atomic E-state index is 12.5. The highest BCUT2D eigenvalue weighted by atomic mass is 16.5. The summed E-state index contributed by atoms with van der Waals surface area (Å²) in [5.41, 5.74) is 9.19. The summed E-state index contributed by atoms with van der Waals surface area (Å²) in [4.78, 5) is 15.1. The van der Waals surface area contributed by atoms with Gasteiger partial charge >= 0.3 is 0 Å². The van der Waals surface area contributed by atoms with Crippen LogP contribution in [0.4, 0.5) is 0 Å². The van der Waals surface area contributed by atoms with Crippen molar-refractivity contribution >= 4 is 38.2 Å². The first-order valence-electron chi connectivity index (χ1n) is 10.4. The van der Waals surface area contributed by atoms with Gasteiger partial charge in [-0.25, -0.2) is 0 Å². The number of carbonyl (C=O) groups is 1. The second-order valence-electron chi connectivity index (χ2n) is 7.29. The van der Waals surface area contributed by atoms with E-state index in [2.05, 4.69) is 63.9 Å². The molecule has 158 valence electrons. The van der Waals surface area contributed by atoms with Crippen molar-refractivity contribution in [1.82, 2.24) is 5.32 Å². The van der Waals surface area contributed by atoms with Crippen molar-refractivity contribution in [3.8, 4) is 0 Å². The number of ether oxygens (including phenoxy) is 2. The summed E-state index contributed by atoms with van der Waals surface area (Å²) in [7, 11) is 0. The second-order valence-corrected chi connectivity index (χ2v) is 7.29. The number of carbonyl (C=O) groups excluding carboxylic acids is 1. The molecule has 0 bridgehead atoms. The summed E-state index contributed by atoms with van der Waals surface area (Å²) in [5.74, 6) is -0.0238. The van der Waals surface area contributed by atoms with Gasteiger partial charge in [0.25, 0.3) is 0 Å². The molecule has 1 N–H and O–H groups in total. The zero-order valence-corrected chi connectivity index (χ0v) is 17.2. The lowest BCUT2D eigenvalue weighted by atomic mass is 9.91. The average molecular weight is 416 g/mol. The highest BCUT2D eigenvalue weighted by Gasteiger charge is 2.12. The minimum absolute atomic E-state index is 0.0238. The monoisotopic (exact) mass is 416 g/mol. The number of nitrogens with zero attached hydrogens (tertiary/aromatic N) is 3. The van der Waals surface area contributed by atoms with E-state index in [4.69, 9.17) is 15.0 Å². The van der Waals surface area contributed by atoms with Crippen molar-refractivity contribution in [1.29, 1.82) is 0 Å². The lowest BCUT2D eigenvalue weighted by molar-refractivity contribution is -0.120. The average Bonchev–Trinajstić information content (AvgIpc) is 2.79. The van der Waals surface area contributed by atoms with Gasteiger partial charge in [0, 0.05) is 18.0 Å². The van der Waals surface area contributed by atoms with Crippen LogP contribution in [0.2, 0.25) is 0 Å². The van der Waals surface area contributed by atoms with Gasteiger partial charge in [-0.3, -0.25) is 4.79 Å². The molecule has 0 saturated carbocycles. The highest BCUT2D eigenvalue weighted by Crippen LogP contribution is 2.35. The molecule has 0 saturated heterocycles. The fourth-order valence-corrected chi connectivity index (χ4v) is 3.92. The van der Waals surface area contributed by atoms with E-state index in [0.717, 1.165) is 10.9 Å². The van der Waals surface area contributed by atoms with E-state index in [1.54, 1.807) is 0 Å². The van der Waals surface area contributed by atoms with Crippen LogP contribution < -0.4 is 5.32 Å². The van der Waals surface area contributed by atoms with Gasteiger partial charge in [0.1, 0.15) is 0 Å². The molecule has 0 unspecified atom stereocenters. The molecule has 4 aromatic rings. The van der Waals surface area contributed by atoms with E-state index in [0.29, 0.717) is 45.9 Å². The molecule has 0 spiro atoms. The summed E-state index contributed by atoms with van der Waals surface area (Å²) in [6, 6.07) is 19.0. The molecule has 0 radical (unpaired) electrons. The van der Waals surface area contributed by atoms with Gasteiger partial charge in [0.15, 0.2) is 0 Å². The number of rotatable bonds is 11. The van der Waals surface area contributed by atoms with Crippen molar-refractivity contribution in [2.75, 3.05) is 39.5 Å². The first kappa shape index (κ1) is 20.9. The Morgan fingerprint density at radius 3 is 2.32 bits per heavy atom. The molecule has 0 aliphatic rings. The van der Waals surface area contributed by atoms with Gasteiger partial charge in [-0.05, 0) is 43.4 Å². The van der Waals surface area contributed by atoms with Crippen LogP contribution in [0.15, 0.2) is 59.7 Å². The highest BCUT2D eigenvalue weighted by molar-refractivity contribution is 6.23. The maximum Gasteiger partial charge on any atom is 0.224 e. The van der Waals surface area contributed by atoms with Crippen LogP contribution in [0, 0.1) is 0 Å². The number of azide groups is 1. The van der Waals surface area contributed by atoms with Crippen molar-refractivity contribution in [2.45, 2.75) is 6.42 Å². The molecule has 0 heterocycles. The summed E-state index contributed by atoms with van der Waals surface area (Å²) in [6.45, 7) is 2.42. The van der Waals surface area contributed by atoms with Crippen LogP contribution in [-0.4, -0.2) is 45.4 Å². The van der Waals surface area contributed by atoms with Gasteiger partial charge in [0.2, 0.25) is 5.91 Å². The Morgan fingerprint density at radius 2 is 1.55 bits per heavy atom. The van der Waals surface area contributed by atoms with Gasteiger partial charge < -0.3 is 14.8 Å². The Balaban J connectivity index is 1.32. The molecule has 4 rings (SSSR count). The van der Waals surface area contributed by atoms with Crippen LogP contribution in [0.25, 0.3) is 42.8 Å². The molecule has 7 heteroatoms. The maximum absolute atomic E-state index is 12.5. The van der Waals surface area contributed by atoms with Crippen LogP contribution in [-0.2, 0) is 20.7 Å². The van der Waals surface area contributed by atoms with Crippen molar-refractivity contribution < 1.29 is 14.3 Å². The number of amides is 1. The molecule has 31 heavy (non-hydrogen) atoms. The van der Waals surface area contributed by atoms with Gasteiger partial charge in [0.05, 0.1) is 32.8 Å². The molecule has 1 amide bonds. The van der Waals surface area contributed by atoms with E-state index in [1.807, 2.05) is 6.07 Å². The third kappa shape index (κ3) is 4.86. The Morgan fingerprint density at radius 1 is 0.871 bits per heavy atom. The molecule has 0 aromatic heterocycles. The van der Waals surface area contributed by atoms with Gasteiger partial charge in [-0.15, -0.1) is 0 Å². The SMILES string of the molecule is [N-]=[N+]=NCCOCCOCCNC(=O)Cc1ccc2ccc3cccc4ccc1c2c34. The Kier molecular flexibility index (Phi) is 6.79.